The number of hydrogen-bond donors (Lipinski definition) is 0. The van der Waals surface area contributed by atoms with Crippen LogP contribution in [0.25, 0.3) is 11.1 Å². The van der Waals surface area contributed by atoms with Gasteiger partial charge >= 0.3 is 5.97 Å². The quantitative estimate of drug-likeness (QED) is 0.147. The summed E-state index contributed by atoms with van der Waals surface area (Å²) in [7, 11) is 0. The van der Waals surface area contributed by atoms with Crippen molar-refractivity contribution in [1.29, 1.82) is 0 Å². The van der Waals surface area contributed by atoms with Gasteiger partial charge in [0.05, 0.1) is 12.2 Å². The number of unbranched alkanes of at least 4 members (excludes halogenated alkanes) is 9. The molecule has 0 bridgehead atoms. The molecule has 0 N–H and O–H groups in total. The Morgan fingerprint density at radius 1 is 0.744 bits per heavy atom. The van der Waals surface area contributed by atoms with Gasteiger partial charge in [0.1, 0.15) is 6.10 Å². The topological polar surface area (TPSA) is 35.5 Å². The molecule has 1 aliphatic rings. The van der Waals surface area contributed by atoms with Crippen molar-refractivity contribution in [2.75, 3.05) is 6.61 Å². The van der Waals surface area contributed by atoms with E-state index in [2.05, 4.69) is 13.8 Å². The Labute approximate surface area is 234 Å². The van der Waals surface area contributed by atoms with Crippen molar-refractivity contribution >= 4 is 5.97 Å². The molecule has 0 saturated heterocycles. The highest BCUT2D eigenvalue weighted by Crippen LogP contribution is 2.32. The molecule has 3 rings (SSSR count). The lowest BCUT2D eigenvalue weighted by atomic mass is 9.84. The van der Waals surface area contributed by atoms with Gasteiger partial charge in [0.25, 0.3) is 0 Å². The van der Waals surface area contributed by atoms with E-state index in [-0.39, 0.29) is 23.4 Å². The minimum Gasteiger partial charge on any atom is -0.490 e. The Morgan fingerprint density at radius 2 is 1.36 bits per heavy atom. The van der Waals surface area contributed by atoms with Crippen molar-refractivity contribution in [3.8, 4) is 16.9 Å². The fraction of sp³-hybridized carbons (Fsp3) is 0.618. The second-order valence-corrected chi connectivity index (χ2v) is 11.2. The summed E-state index contributed by atoms with van der Waals surface area (Å²) < 4.78 is 40.8. The molecule has 2 aromatic rings. The summed E-state index contributed by atoms with van der Waals surface area (Å²) >= 11 is 0. The zero-order valence-electron chi connectivity index (χ0n) is 24.1. The standard InChI is InChI=1S/C34H48F2O3/c1-3-5-7-9-11-13-25-38-31-24-23-30(32(35)33(31)36)27-17-19-28(20-18-27)34(37)39-29-21-15-26(16-22-29)14-12-10-8-6-4-2/h17-20,23-24,26,29H,3-16,21-22,25H2,1-2H3. The van der Waals surface area contributed by atoms with E-state index in [9.17, 15) is 13.6 Å². The van der Waals surface area contributed by atoms with Crippen molar-refractivity contribution in [1.82, 2.24) is 0 Å². The number of hydrogen-bond acceptors (Lipinski definition) is 3. The van der Waals surface area contributed by atoms with Gasteiger partial charge in [-0.2, -0.15) is 4.39 Å². The molecule has 0 heterocycles. The smallest absolute Gasteiger partial charge is 0.338 e. The molecule has 0 atom stereocenters. The molecule has 1 aliphatic carbocycles. The van der Waals surface area contributed by atoms with E-state index >= 15 is 0 Å². The molecule has 0 aromatic heterocycles. The van der Waals surface area contributed by atoms with Gasteiger partial charge in [-0.15, -0.1) is 0 Å². The van der Waals surface area contributed by atoms with Crippen LogP contribution >= 0.6 is 0 Å². The predicted molar refractivity (Wildman–Crippen MR) is 155 cm³/mol. The summed E-state index contributed by atoms with van der Waals surface area (Å²) in [6.07, 6.45) is 18.5. The first kappa shape index (κ1) is 31.1. The molecule has 0 radical (unpaired) electrons. The molecule has 2 aromatic carbocycles. The summed E-state index contributed by atoms with van der Waals surface area (Å²) in [6, 6.07) is 9.54. The Kier molecular flexibility index (Phi) is 13.8. The summed E-state index contributed by atoms with van der Waals surface area (Å²) in [5.41, 5.74) is 1.08. The Bertz CT molecular complexity index is 981. The van der Waals surface area contributed by atoms with Crippen LogP contribution in [0.15, 0.2) is 36.4 Å². The van der Waals surface area contributed by atoms with E-state index in [1.807, 2.05) is 0 Å². The molecule has 1 saturated carbocycles. The maximum Gasteiger partial charge on any atom is 0.338 e. The molecule has 3 nitrogen and oxygen atoms in total. The van der Waals surface area contributed by atoms with Crippen molar-refractivity contribution in [2.24, 2.45) is 5.92 Å². The SMILES string of the molecule is CCCCCCCCOc1ccc(-c2ccc(C(=O)OC3CCC(CCCCCCC)CC3)cc2)c(F)c1F. The van der Waals surface area contributed by atoms with Crippen LogP contribution in [-0.4, -0.2) is 18.7 Å². The highest BCUT2D eigenvalue weighted by atomic mass is 19.2. The summed E-state index contributed by atoms with van der Waals surface area (Å²) in [4.78, 5) is 12.7. The molecule has 39 heavy (non-hydrogen) atoms. The van der Waals surface area contributed by atoms with E-state index in [4.69, 9.17) is 9.47 Å². The molecule has 216 valence electrons. The van der Waals surface area contributed by atoms with Gasteiger partial charge in [0, 0.05) is 5.56 Å². The maximum atomic E-state index is 14.8. The third-order valence-electron chi connectivity index (χ3n) is 8.02. The van der Waals surface area contributed by atoms with Crippen LogP contribution in [0, 0.1) is 17.6 Å². The number of rotatable bonds is 17. The number of carbonyl (C=O) groups is 1. The lowest BCUT2D eigenvalue weighted by molar-refractivity contribution is 0.0161. The molecule has 0 unspecified atom stereocenters. The molecule has 1 fully saturated rings. The monoisotopic (exact) mass is 542 g/mol. The Morgan fingerprint density at radius 3 is 2.03 bits per heavy atom. The normalized spacial score (nSPS) is 17.2. The van der Waals surface area contributed by atoms with Crippen molar-refractivity contribution < 1.29 is 23.0 Å². The van der Waals surface area contributed by atoms with Gasteiger partial charge in [-0.05, 0) is 67.9 Å². The molecule has 0 aliphatic heterocycles. The number of benzene rings is 2. The predicted octanol–water partition coefficient (Wildman–Crippen LogP) is 10.4. The van der Waals surface area contributed by atoms with Crippen molar-refractivity contribution in [3.05, 3.63) is 53.6 Å². The average molecular weight is 543 g/mol. The number of carbonyl (C=O) groups excluding carboxylic acids is 1. The van der Waals surface area contributed by atoms with Gasteiger partial charge in [0.2, 0.25) is 5.82 Å². The third-order valence-corrected chi connectivity index (χ3v) is 8.02. The summed E-state index contributed by atoms with van der Waals surface area (Å²) in [6.45, 7) is 4.79. The first-order valence-corrected chi connectivity index (χ1v) is 15.5. The van der Waals surface area contributed by atoms with Crippen LogP contribution in [0.3, 0.4) is 0 Å². The largest absolute Gasteiger partial charge is 0.490 e. The fourth-order valence-electron chi connectivity index (χ4n) is 5.51. The zero-order valence-corrected chi connectivity index (χ0v) is 24.1. The Hall–Kier alpha value is -2.43. The van der Waals surface area contributed by atoms with Crippen LogP contribution in [0.2, 0.25) is 0 Å². The number of esters is 1. The first-order valence-electron chi connectivity index (χ1n) is 15.5. The van der Waals surface area contributed by atoms with Gasteiger partial charge in [-0.25, -0.2) is 9.18 Å². The molecule has 0 spiro atoms. The van der Waals surface area contributed by atoms with Crippen LogP contribution in [0.4, 0.5) is 8.78 Å². The van der Waals surface area contributed by atoms with E-state index in [0.29, 0.717) is 17.7 Å². The third kappa shape index (κ3) is 10.2. The lowest BCUT2D eigenvalue weighted by Gasteiger charge is -2.28. The van der Waals surface area contributed by atoms with Gasteiger partial charge in [-0.3, -0.25) is 0 Å². The van der Waals surface area contributed by atoms with E-state index in [1.54, 1.807) is 24.3 Å². The fourth-order valence-corrected chi connectivity index (χ4v) is 5.51. The van der Waals surface area contributed by atoms with Crippen molar-refractivity contribution in [3.63, 3.8) is 0 Å². The highest BCUT2D eigenvalue weighted by Gasteiger charge is 2.24. The van der Waals surface area contributed by atoms with Gasteiger partial charge < -0.3 is 9.47 Å². The van der Waals surface area contributed by atoms with E-state index in [1.165, 1.54) is 69.9 Å². The van der Waals surface area contributed by atoms with Crippen LogP contribution in [0.1, 0.15) is 127 Å². The summed E-state index contributed by atoms with van der Waals surface area (Å²) in [5, 5.41) is 0. The number of halogens is 2. The van der Waals surface area contributed by atoms with Crippen molar-refractivity contribution in [2.45, 2.75) is 123 Å². The minimum atomic E-state index is -0.974. The highest BCUT2D eigenvalue weighted by molar-refractivity contribution is 5.90. The summed E-state index contributed by atoms with van der Waals surface area (Å²) in [5.74, 6) is -1.57. The molecular formula is C34H48F2O3. The minimum absolute atomic E-state index is 0.0380. The molecule has 5 heteroatoms. The molecule has 0 amide bonds. The van der Waals surface area contributed by atoms with E-state index < -0.39 is 11.6 Å². The van der Waals surface area contributed by atoms with Gasteiger partial charge in [-0.1, -0.05) is 96.6 Å². The average Bonchev–Trinajstić information content (AvgIpc) is 2.95. The second kappa shape index (κ2) is 17.3. The Balaban J connectivity index is 1.45. The van der Waals surface area contributed by atoms with E-state index in [0.717, 1.165) is 50.9 Å². The molecular weight excluding hydrogens is 494 g/mol. The second-order valence-electron chi connectivity index (χ2n) is 11.2. The van der Waals surface area contributed by atoms with Gasteiger partial charge in [0.15, 0.2) is 11.6 Å². The maximum absolute atomic E-state index is 14.8. The van der Waals surface area contributed by atoms with Crippen LogP contribution in [0.5, 0.6) is 5.75 Å². The lowest BCUT2D eigenvalue weighted by Crippen LogP contribution is -2.24. The van der Waals surface area contributed by atoms with Crippen LogP contribution < -0.4 is 4.74 Å². The zero-order chi connectivity index (χ0) is 27.9. The van der Waals surface area contributed by atoms with Crippen LogP contribution in [-0.2, 0) is 4.74 Å². The first-order chi connectivity index (χ1) is 19.0. The number of ether oxygens (including phenoxy) is 2.